The summed E-state index contributed by atoms with van der Waals surface area (Å²) in [5.41, 5.74) is 1.59. The molecule has 2 aromatic rings. The van der Waals surface area contributed by atoms with Crippen molar-refractivity contribution in [3.05, 3.63) is 45.6 Å². The molecule has 1 amide bonds. The normalized spacial score (nSPS) is 15.2. The largest absolute Gasteiger partial charge is 0.448 e. The number of esters is 1. The van der Waals surface area contributed by atoms with Gasteiger partial charge >= 0.3 is 5.97 Å². The van der Waals surface area contributed by atoms with E-state index >= 15 is 0 Å². The Bertz CT molecular complexity index is 957. The lowest BCUT2D eigenvalue weighted by molar-refractivity contribution is -0.123. The third-order valence-electron chi connectivity index (χ3n) is 4.55. The zero-order valence-electron chi connectivity index (χ0n) is 15.4. The highest BCUT2D eigenvalue weighted by molar-refractivity contribution is 7.89. The molecule has 1 aliphatic carbocycles. The predicted molar refractivity (Wildman–Crippen MR) is 107 cm³/mol. The number of nitrogens with two attached hydrogens (primary N) is 1. The van der Waals surface area contributed by atoms with Crippen molar-refractivity contribution in [2.75, 3.05) is 5.32 Å². The van der Waals surface area contributed by atoms with Crippen LogP contribution in [-0.2, 0) is 32.4 Å². The zero-order chi connectivity index (χ0) is 20.3. The van der Waals surface area contributed by atoms with Crippen LogP contribution < -0.4 is 10.5 Å². The molecule has 3 N–H and O–H groups in total. The lowest BCUT2D eigenvalue weighted by Gasteiger charge is -2.13. The van der Waals surface area contributed by atoms with Gasteiger partial charge in [-0.05, 0) is 68.5 Å². The topological polar surface area (TPSA) is 116 Å². The summed E-state index contributed by atoms with van der Waals surface area (Å²) in [5.74, 6) is -1.01. The van der Waals surface area contributed by atoms with E-state index in [1.165, 1.54) is 59.4 Å². The van der Waals surface area contributed by atoms with Crippen LogP contribution >= 0.6 is 11.3 Å². The van der Waals surface area contributed by atoms with Gasteiger partial charge in [-0.2, -0.15) is 0 Å². The molecule has 7 nitrogen and oxygen atoms in total. The zero-order valence-corrected chi connectivity index (χ0v) is 17.1. The number of aryl methyl sites for hydroxylation is 2. The van der Waals surface area contributed by atoms with Gasteiger partial charge in [-0.3, -0.25) is 4.79 Å². The second-order valence-electron chi connectivity index (χ2n) is 6.73. The van der Waals surface area contributed by atoms with E-state index in [0.29, 0.717) is 10.6 Å². The van der Waals surface area contributed by atoms with E-state index < -0.39 is 28.0 Å². The summed E-state index contributed by atoms with van der Waals surface area (Å²) in [6.45, 7) is 1.49. The molecule has 1 aromatic heterocycles. The Morgan fingerprint density at radius 3 is 2.50 bits per heavy atom. The molecule has 9 heteroatoms. The number of sulfonamides is 1. The number of fused-ring (bicyclic) bond motifs is 1. The number of nitrogens with one attached hydrogen (secondary N) is 1. The van der Waals surface area contributed by atoms with Crippen molar-refractivity contribution in [2.24, 2.45) is 5.14 Å². The second kappa shape index (κ2) is 8.42. The number of carbonyl (C=O) groups is 2. The maximum absolute atomic E-state index is 12.4. The maximum Gasteiger partial charge on any atom is 0.349 e. The molecule has 1 heterocycles. The van der Waals surface area contributed by atoms with Crippen molar-refractivity contribution in [1.82, 2.24) is 0 Å². The first kappa shape index (κ1) is 20.5. The molecule has 0 aliphatic heterocycles. The van der Waals surface area contributed by atoms with Crippen LogP contribution in [0.25, 0.3) is 0 Å². The molecule has 1 aliphatic rings. The number of benzene rings is 1. The summed E-state index contributed by atoms with van der Waals surface area (Å²) in [4.78, 5) is 26.4. The number of rotatable bonds is 5. The van der Waals surface area contributed by atoms with Crippen LogP contribution in [0.5, 0.6) is 0 Å². The summed E-state index contributed by atoms with van der Waals surface area (Å²) in [5, 5.41) is 7.63. The Hall–Kier alpha value is -2.23. The Morgan fingerprint density at radius 1 is 1.14 bits per heavy atom. The lowest BCUT2D eigenvalue weighted by Crippen LogP contribution is -2.29. The van der Waals surface area contributed by atoms with Crippen LogP contribution in [0.1, 0.15) is 46.3 Å². The van der Waals surface area contributed by atoms with Gasteiger partial charge in [-0.15, -0.1) is 11.3 Å². The molecule has 28 heavy (non-hydrogen) atoms. The number of ether oxygens (including phenoxy) is 1. The smallest absolute Gasteiger partial charge is 0.349 e. The SMILES string of the molecule is C[C@@H](OC(=O)c1cc2c(s1)CCCCC2)C(=O)Nc1ccc(S(N)(=O)=O)cc1. The number of hydrogen-bond acceptors (Lipinski definition) is 6. The number of hydrogen-bond donors (Lipinski definition) is 2. The number of thiophene rings is 1. The third-order valence-corrected chi connectivity index (χ3v) is 6.70. The van der Waals surface area contributed by atoms with Crippen LogP contribution in [0.15, 0.2) is 35.2 Å². The van der Waals surface area contributed by atoms with E-state index in [9.17, 15) is 18.0 Å². The molecule has 0 radical (unpaired) electrons. The summed E-state index contributed by atoms with van der Waals surface area (Å²) < 4.78 is 27.8. The summed E-state index contributed by atoms with van der Waals surface area (Å²) in [7, 11) is -3.80. The number of carbonyl (C=O) groups excluding carboxylic acids is 2. The van der Waals surface area contributed by atoms with Crippen LogP contribution in [0, 0.1) is 0 Å². The Kier molecular flexibility index (Phi) is 6.17. The molecule has 1 atom stereocenters. The first-order chi connectivity index (χ1) is 13.2. The minimum atomic E-state index is -3.80. The average molecular weight is 423 g/mol. The van der Waals surface area contributed by atoms with Crippen LogP contribution in [0.4, 0.5) is 5.69 Å². The summed E-state index contributed by atoms with van der Waals surface area (Å²) in [6, 6.07) is 7.30. The standard InChI is InChI=1S/C19H22N2O5S2/c1-12(18(22)21-14-7-9-15(10-8-14)28(20,24)25)26-19(23)17-11-13-5-3-2-4-6-16(13)27-17/h7-12H,2-6H2,1H3,(H,21,22)(H2,20,24,25)/t12-/m1/s1. The van der Waals surface area contributed by atoms with E-state index in [0.717, 1.165) is 25.7 Å². The minimum absolute atomic E-state index is 0.0533. The van der Waals surface area contributed by atoms with Gasteiger partial charge in [0, 0.05) is 10.6 Å². The first-order valence-electron chi connectivity index (χ1n) is 9.00. The molecule has 0 bridgehead atoms. The van der Waals surface area contributed by atoms with E-state index in [1.54, 1.807) is 0 Å². The molecule has 1 aromatic carbocycles. The molecule has 0 unspecified atom stereocenters. The fourth-order valence-electron chi connectivity index (χ4n) is 3.01. The lowest BCUT2D eigenvalue weighted by atomic mass is 10.1. The van der Waals surface area contributed by atoms with Gasteiger partial charge in [-0.25, -0.2) is 18.4 Å². The van der Waals surface area contributed by atoms with Crippen molar-refractivity contribution >= 4 is 38.9 Å². The van der Waals surface area contributed by atoms with Crippen LogP contribution in [0.3, 0.4) is 0 Å². The van der Waals surface area contributed by atoms with Gasteiger partial charge in [-0.1, -0.05) is 6.42 Å². The van der Waals surface area contributed by atoms with Gasteiger partial charge < -0.3 is 10.1 Å². The van der Waals surface area contributed by atoms with Crippen LogP contribution in [0.2, 0.25) is 0 Å². The monoisotopic (exact) mass is 422 g/mol. The van der Waals surface area contributed by atoms with Gasteiger partial charge in [0.2, 0.25) is 10.0 Å². The van der Waals surface area contributed by atoms with Crippen molar-refractivity contribution in [3.63, 3.8) is 0 Å². The van der Waals surface area contributed by atoms with E-state index in [1.807, 2.05) is 6.07 Å². The van der Waals surface area contributed by atoms with E-state index in [4.69, 9.17) is 9.88 Å². The van der Waals surface area contributed by atoms with Crippen molar-refractivity contribution < 1.29 is 22.7 Å². The van der Waals surface area contributed by atoms with Crippen molar-refractivity contribution in [3.8, 4) is 0 Å². The third kappa shape index (κ3) is 4.98. The van der Waals surface area contributed by atoms with Gasteiger partial charge in [0.05, 0.1) is 4.90 Å². The molecular weight excluding hydrogens is 400 g/mol. The van der Waals surface area contributed by atoms with Gasteiger partial charge in [0.15, 0.2) is 6.10 Å². The fourth-order valence-corrected chi connectivity index (χ4v) is 4.66. The molecule has 0 spiro atoms. The van der Waals surface area contributed by atoms with E-state index in [2.05, 4.69) is 5.32 Å². The quantitative estimate of drug-likeness (QED) is 0.568. The highest BCUT2D eigenvalue weighted by atomic mass is 32.2. The van der Waals surface area contributed by atoms with Gasteiger partial charge in [0.25, 0.3) is 5.91 Å². The van der Waals surface area contributed by atoms with Gasteiger partial charge in [0.1, 0.15) is 4.88 Å². The highest BCUT2D eigenvalue weighted by Gasteiger charge is 2.22. The number of anilines is 1. The van der Waals surface area contributed by atoms with Crippen LogP contribution in [-0.4, -0.2) is 26.4 Å². The van der Waals surface area contributed by atoms with Crippen molar-refractivity contribution in [1.29, 1.82) is 0 Å². The predicted octanol–water partition coefficient (Wildman–Crippen LogP) is 2.85. The molecular formula is C19H22N2O5S2. The Morgan fingerprint density at radius 2 is 1.82 bits per heavy atom. The fraction of sp³-hybridized carbons (Fsp3) is 0.368. The number of primary sulfonamides is 1. The molecule has 0 saturated carbocycles. The molecule has 0 fully saturated rings. The molecule has 0 saturated heterocycles. The number of amides is 1. The Balaban J connectivity index is 1.60. The average Bonchev–Trinajstić information content (AvgIpc) is 2.92. The first-order valence-corrected chi connectivity index (χ1v) is 11.4. The minimum Gasteiger partial charge on any atom is -0.448 e. The molecule has 3 rings (SSSR count). The Labute approximate surface area is 167 Å². The maximum atomic E-state index is 12.4. The van der Waals surface area contributed by atoms with Crippen molar-refractivity contribution in [2.45, 2.75) is 50.0 Å². The summed E-state index contributed by atoms with van der Waals surface area (Å²) >= 11 is 1.44. The molecule has 150 valence electrons. The van der Waals surface area contributed by atoms with E-state index in [-0.39, 0.29) is 4.90 Å². The highest BCUT2D eigenvalue weighted by Crippen LogP contribution is 2.29. The summed E-state index contributed by atoms with van der Waals surface area (Å²) in [6.07, 6.45) is 4.43. The second-order valence-corrected chi connectivity index (χ2v) is 9.42.